The Morgan fingerprint density at radius 2 is 2.05 bits per heavy atom. The fraction of sp³-hybridized carbons (Fsp3) is 0.231. The van der Waals surface area contributed by atoms with Gasteiger partial charge in [0.2, 0.25) is 11.2 Å². The van der Waals surface area contributed by atoms with Gasteiger partial charge >= 0.3 is 6.01 Å². The SMILES string of the molecule is CCCOc1nc(Cl)nc(-n2cnc3ccccc32)n1. The molecule has 2 aromatic heterocycles. The molecule has 0 amide bonds. The molecule has 0 atom stereocenters. The topological polar surface area (TPSA) is 65.7 Å². The lowest BCUT2D eigenvalue weighted by atomic mass is 10.3. The molecule has 0 saturated heterocycles. The molecule has 0 N–H and O–H groups in total. The highest BCUT2D eigenvalue weighted by Gasteiger charge is 2.10. The van der Waals surface area contributed by atoms with Crippen molar-refractivity contribution in [2.45, 2.75) is 13.3 Å². The number of para-hydroxylation sites is 2. The van der Waals surface area contributed by atoms with Crippen LogP contribution >= 0.6 is 11.6 Å². The zero-order valence-corrected chi connectivity index (χ0v) is 11.6. The Bertz CT molecular complexity index is 742. The number of hydrogen-bond acceptors (Lipinski definition) is 5. The van der Waals surface area contributed by atoms with Gasteiger partial charge in [0, 0.05) is 0 Å². The van der Waals surface area contributed by atoms with Crippen molar-refractivity contribution in [2.75, 3.05) is 6.61 Å². The summed E-state index contributed by atoms with van der Waals surface area (Å²) < 4.78 is 7.16. The lowest BCUT2D eigenvalue weighted by Gasteiger charge is -2.06. The molecule has 2 heterocycles. The van der Waals surface area contributed by atoms with E-state index in [0.29, 0.717) is 12.6 Å². The third kappa shape index (κ3) is 2.42. The molecule has 3 aromatic rings. The summed E-state index contributed by atoms with van der Waals surface area (Å²) in [7, 11) is 0. The van der Waals surface area contributed by atoms with E-state index in [-0.39, 0.29) is 11.3 Å². The highest BCUT2D eigenvalue weighted by molar-refractivity contribution is 6.28. The summed E-state index contributed by atoms with van der Waals surface area (Å²) >= 11 is 5.92. The van der Waals surface area contributed by atoms with Crippen LogP contribution in [-0.4, -0.2) is 31.1 Å². The number of fused-ring (bicyclic) bond motifs is 1. The average molecular weight is 290 g/mol. The third-order valence-electron chi connectivity index (χ3n) is 2.68. The number of nitrogens with zero attached hydrogens (tertiary/aromatic N) is 5. The fourth-order valence-electron chi connectivity index (χ4n) is 1.81. The Labute approximate surface area is 120 Å². The van der Waals surface area contributed by atoms with E-state index in [1.165, 1.54) is 0 Å². The van der Waals surface area contributed by atoms with Crippen LogP contribution in [0.15, 0.2) is 30.6 Å². The van der Waals surface area contributed by atoms with Gasteiger partial charge in [0.25, 0.3) is 0 Å². The van der Waals surface area contributed by atoms with Crippen LogP contribution in [0.5, 0.6) is 6.01 Å². The highest BCUT2D eigenvalue weighted by Crippen LogP contribution is 2.17. The summed E-state index contributed by atoms with van der Waals surface area (Å²) in [5.41, 5.74) is 1.76. The maximum Gasteiger partial charge on any atom is 0.322 e. The molecule has 102 valence electrons. The largest absolute Gasteiger partial charge is 0.463 e. The molecular weight excluding hydrogens is 278 g/mol. The first-order chi connectivity index (χ1) is 9.78. The number of halogens is 1. The van der Waals surface area contributed by atoms with Crippen molar-refractivity contribution >= 4 is 22.6 Å². The summed E-state index contributed by atoms with van der Waals surface area (Å²) in [6.45, 7) is 2.54. The molecular formula is C13H12ClN5O. The van der Waals surface area contributed by atoms with Crippen LogP contribution < -0.4 is 4.74 Å². The summed E-state index contributed by atoms with van der Waals surface area (Å²) in [5.74, 6) is 0.393. The number of hydrogen-bond donors (Lipinski definition) is 0. The first kappa shape index (κ1) is 12.8. The molecule has 3 rings (SSSR count). The highest BCUT2D eigenvalue weighted by atomic mass is 35.5. The van der Waals surface area contributed by atoms with E-state index in [9.17, 15) is 0 Å². The van der Waals surface area contributed by atoms with E-state index in [2.05, 4.69) is 19.9 Å². The lowest BCUT2D eigenvalue weighted by molar-refractivity contribution is 0.291. The summed E-state index contributed by atoms with van der Waals surface area (Å²) in [4.78, 5) is 16.6. The van der Waals surface area contributed by atoms with Crippen molar-refractivity contribution in [1.82, 2.24) is 24.5 Å². The predicted molar refractivity (Wildman–Crippen MR) is 75.3 cm³/mol. The van der Waals surface area contributed by atoms with Crippen molar-refractivity contribution in [1.29, 1.82) is 0 Å². The Morgan fingerprint density at radius 1 is 1.20 bits per heavy atom. The maximum atomic E-state index is 5.92. The summed E-state index contributed by atoms with van der Waals surface area (Å²) in [6, 6.07) is 7.93. The second-order valence-electron chi connectivity index (χ2n) is 4.14. The molecule has 0 spiro atoms. The van der Waals surface area contributed by atoms with Gasteiger partial charge < -0.3 is 4.74 Å². The average Bonchev–Trinajstić information content (AvgIpc) is 2.88. The minimum Gasteiger partial charge on any atom is -0.463 e. The standard InChI is InChI=1S/C13H12ClN5O/c1-2-7-20-13-17-11(14)16-12(18-13)19-8-15-9-5-3-4-6-10(9)19/h3-6,8H,2,7H2,1H3. The first-order valence-electron chi connectivity index (χ1n) is 6.25. The zero-order chi connectivity index (χ0) is 13.9. The molecule has 0 aliphatic carbocycles. The zero-order valence-electron chi connectivity index (χ0n) is 10.8. The van der Waals surface area contributed by atoms with E-state index in [0.717, 1.165) is 17.5 Å². The van der Waals surface area contributed by atoms with Gasteiger partial charge in [0.1, 0.15) is 6.33 Å². The number of aromatic nitrogens is 5. The number of rotatable bonds is 4. The molecule has 20 heavy (non-hydrogen) atoms. The van der Waals surface area contributed by atoms with Gasteiger partial charge in [-0.25, -0.2) is 4.98 Å². The first-order valence-corrected chi connectivity index (χ1v) is 6.62. The van der Waals surface area contributed by atoms with Crippen molar-refractivity contribution in [3.05, 3.63) is 35.9 Å². The third-order valence-corrected chi connectivity index (χ3v) is 2.85. The van der Waals surface area contributed by atoms with Gasteiger partial charge in [0.05, 0.1) is 17.6 Å². The molecule has 1 aromatic carbocycles. The second-order valence-corrected chi connectivity index (χ2v) is 4.48. The van der Waals surface area contributed by atoms with Crippen molar-refractivity contribution in [3.8, 4) is 12.0 Å². The van der Waals surface area contributed by atoms with Crippen molar-refractivity contribution in [3.63, 3.8) is 0 Å². The van der Waals surface area contributed by atoms with Crippen molar-refractivity contribution < 1.29 is 4.74 Å². The van der Waals surface area contributed by atoms with Crippen LogP contribution in [0.3, 0.4) is 0 Å². The van der Waals surface area contributed by atoms with Crippen LogP contribution in [0, 0.1) is 0 Å². The Balaban J connectivity index is 2.07. The minimum absolute atomic E-state index is 0.0962. The van der Waals surface area contributed by atoms with Gasteiger partial charge in [-0.2, -0.15) is 15.0 Å². The normalized spacial score (nSPS) is 10.9. The molecule has 0 unspecified atom stereocenters. The quantitative estimate of drug-likeness (QED) is 0.739. The van der Waals surface area contributed by atoms with Crippen LogP contribution in [0.1, 0.15) is 13.3 Å². The van der Waals surface area contributed by atoms with Crippen molar-refractivity contribution in [2.24, 2.45) is 0 Å². The monoisotopic (exact) mass is 289 g/mol. The van der Waals surface area contributed by atoms with Gasteiger partial charge in [-0.3, -0.25) is 4.57 Å². The maximum absolute atomic E-state index is 5.92. The number of ether oxygens (including phenoxy) is 1. The molecule has 6 nitrogen and oxygen atoms in total. The fourth-order valence-corrected chi connectivity index (χ4v) is 1.95. The van der Waals surface area contributed by atoms with E-state index in [1.807, 2.05) is 31.2 Å². The van der Waals surface area contributed by atoms with E-state index >= 15 is 0 Å². The van der Waals surface area contributed by atoms with Crippen LogP contribution in [0.2, 0.25) is 5.28 Å². The molecule has 0 radical (unpaired) electrons. The molecule has 0 aliphatic heterocycles. The van der Waals surface area contributed by atoms with Crippen LogP contribution in [0.4, 0.5) is 0 Å². The van der Waals surface area contributed by atoms with Crippen LogP contribution in [0.25, 0.3) is 17.0 Å². The van der Waals surface area contributed by atoms with Gasteiger partial charge in [-0.1, -0.05) is 19.1 Å². The van der Waals surface area contributed by atoms with Crippen LogP contribution in [-0.2, 0) is 0 Å². The molecule has 0 fully saturated rings. The Kier molecular flexibility index (Phi) is 3.47. The second kappa shape index (κ2) is 5.42. The van der Waals surface area contributed by atoms with Gasteiger partial charge in [0.15, 0.2) is 0 Å². The Hall–Kier alpha value is -2.21. The predicted octanol–water partition coefficient (Wildman–Crippen LogP) is 2.65. The summed E-state index contributed by atoms with van der Waals surface area (Å²) in [6.07, 6.45) is 2.52. The smallest absolute Gasteiger partial charge is 0.322 e. The molecule has 0 saturated carbocycles. The minimum atomic E-state index is 0.0962. The number of benzene rings is 1. The van der Waals surface area contributed by atoms with Gasteiger partial charge in [-0.15, -0.1) is 0 Å². The van der Waals surface area contributed by atoms with E-state index in [1.54, 1.807) is 10.9 Å². The lowest BCUT2D eigenvalue weighted by Crippen LogP contribution is -2.06. The molecule has 7 heteroatoms. The van der Waals surface area contributed by atoms with E-state index < -0.39 is 0 Å². The van der Waals surface area contributed by atoms with E-state index in [4.69, 9.17) is 16.3 Å². The Morgan fingerprint density at radius 3 is 2.90 bits per heavy atom. The molecule has 0 bridgehead atoms. The molecule has 0 aliphatic rings. The summed E-state index contributed by atoms with van der Waals surface area (Å²) in [5, 5.41) is 0.0962. The van der Waals surface area contributed by atoms with Gasteiger partial charge in [-0.05, 0) is 30.2 Å². The number of imidazole rings is 1.